The van der Waals surface area contributed by atoms with Gasteiger partial charge in [0.1, 0.15) is 11.6 Å². The molecular formula is C21H28N6O2. The summed E-state index contributed by atoms with van der Waals surface area (Å²) in [6.45, 7) is 7.55. The summed E-state index contributed by atoms with van der Waals surface area (Å²) >= 11 is 0. The molecule has 1 unspecified atom stereocenters. The SMILES string of the molecule is CCNC(=NCCc1nc(-c2ccco2)n[nH]1)NC(C)c1cc(C)ccc1OC. The third-order valence-corrected chi connectivity index (χ3v) is 4.44. The number of furan rings is 1. The molecule has 0 saturated heterocycles. The number of aromatic amines is 1. The van der Waals surface area contributed by atoms with E-state index in [0.717, 1.165) is 29.6 Å². The monoisotopic (exact) mass is 396 g/mol. The van der Waals surface area contributed by atoms with Crippen LogP contribution in [-0.4, -0.2) is 41.3 Å². The van der Waals surface area contributed by atoms with Gasteiger partial charge in [-0.2, -0.15) is 5.10 Å². The minimum Gasteiger partial charge on any atom is -0.496 e. The Hall–Kier alpha value is -3.29. The Labute approximate surface area is 170 Å². The van der Waals surface area contributed by atoms with E-state index in [1.54, 1.807) is 13.4 Å². The Morgan fingerprint density at radius 2 is 2.21 bits per heavy atom. The van der Waals surface area contributed by atoms with Gasteiger partial charge in [-0.3, -0.25) is 10.1 Å². The molecule has 0 bridgehead atoms. The van der Waals surface area contributed by atoms with Gasteiger partial charge in [0.05, 0.1) is 19.4 Å². The number of rotatable bonds is 8. The quantitative estimate of drug-likeness (QED) is 0.399. The van der Waals surface area contributed by atoms with Crippen LogP contribution < -0.4 is 15.4 Å². The maximum absolute atomic E-state index is 5.51. The van der Waals surface area contributed by atoms with Crippen molar-refractivity contribution in [1.29, 1.82) is 0 Å². The molecule has 2 aromatic heterocycles. The minimum absolute atomic E-state index is 0.0403. The fraction of sp³-hybridized carbons (Fsp3) is 0.381. The molecule has 8 heteroatoms. The van der Waals surface area contributed by atoms with E-state index in [1.165, 1.54) is 5.56 Å². The number of aromatic nitrogens is 3. The first kappa shape index (κ1) is 20.4. The topological polar surface area (TPSA) is 100 Å². The van der Waals surface area contributed by atoms with Crippen LogP contribution in [0.1, 0.15) is 36.8 Å². The van der Waals surface area contributed by atoms with Crippen molar-refractivity contribution in [3.05, 3.63) is 53.5 Å². The molecule has 0 aliphatic rings. The fourth-order valence-electron chi connectivity index (χ4n) is 2.99. The van der Waals surface area contributed by atoms with Gasteiger partial charge in [-0.15, -0.1) is 0 Å². The molecular weight excluding hydrogens is 368 g/mol. The van der Waals surface area contributed by atoms with E-state index in [1.807, 2.05) is 31.2 Å². The number of hydrogen-bond donors (Lipinski definition) is 3. The van der Waals surface area contributed by atoms with Crippen LogP contribution in [0.2, 0.25) is 0 Å². The summed E-state index contributed by atoms with van der Waals surface area (Å²) < 4.78 is 10.8. The van der Waals surface area contributed by atoms with Crippen LogP contribution >= 0.6 is 0 Å². The number of ether oxygens (including phenoxy) is 1. The van der Waals surface area contributed by atoms with Crippen molar-refractivity contribution < 1.29 is 9.15 Å². The molecule has 3 aromatic rings. The van der Waals surface area contributed by atoms with Gasteiger partial charge >= 0.3 is 0 Å². The average Bonchev–Trinajstić information content (AvgIpc) is 3.40. The summed E-state index contributed by atoms with van der Waals surface area (Å²) in [6, 6.07) is 9.85. The van der Waals surface area contributed by atoms with Gasteiger partial charge in [0, 0.05) is 25.1 Å². The summed E-state index contributed by atoms with van der Waals surface area (Å²) in [7, 11) is 1.69. The zero-order valence-corrected chi connectivity index (χ0v) is 17.3. The van der Waals surface area contributed by atoms with E-state index in [2.05, 4.69) is 50.7 Å². The number of H-pyrrole nitrogens is 1. The number of hydrogen-bond acceptors (Lipinski definition) is 5. The number of aryl methyl sites for hydroxylation is 1. The summed E-state index contributed by atoms with van der Waals surface area (Å²) in [4.78, 5) is 9.12. The number of aliphatic imine (C=N–C) groups is 1. The van der Waals surface area contributed by atoms with Crippen molar-refractivity contribution in [2.75, 3.05) is 20.2 Å². The highest BCUT2D eigenvalue weighted by Gasteiger charge is 2.13. The lowest BCUT2D eigenvalue weighted by atomic mass is 10.0. The molecule has 2 heterocycles. The van der Waals surface area contributed by atoms with E-state index in [4.69, 9.17) is 9.15 Å². The molecule has 3 N–H and O–H groups in total. The summed E-state index contributed by atoms with van der Waals surface area (Å²) in [6.07, 6.45) is 2.25. The number of nitrogens with zero attached hydrogens (tertiary/aromatic N) is 3. The summed E-state index contributed by atoms with van der Waals surface area (Å²) in [5.41, 5.74) is 2.28. The maximum atomic E-state index is 5.51. The highest BCUT2D eigenvalue weighted by atomic mass is 16.5. The zero-order chi connectivity index (χ0) is 20.6. The van der Waals surface area contributed by atoms with Gasteiger partial charge in [0.2, 0.25) is 5.82 Å². The van der Waals surface area contributed by atoms with Crippen LogP contribution in [-0.2, 0) is 6.42 Å². The molecule has 0 aliphatic carbocycles. The molecule has 1 aromatic carbocycles. The van der Waals surface area contributed by atoms with Crippen molar-refractivity contribution in [1.82, 2.24) is 25.8 Å². The van der Waals surface area contributed by atoms with Gasteiger partial charge in [0.15, 0.2) is 11.7 Å². The lowest BCUT2D eigenvalue weighted by Gasteiger charge is -2.20. The molecule has 3 rings (SSSR count). The Morgan fingerprint density at radius 1 is 1.34 bits per heavy atom. The first-order valence-corrected chi connectivity index (χ1v) is 9.75. The van der Waals surface area contributed by atoms with Gasteiger partial charge < -0.3 is 19.8 Å². The summed E-state index contributed by atoms with van der Waals surface area (Å²) in [5.74, 6) is 3.57. The number of benzene rings is 1. The van der Waals surface area contributed by atoms with E-state index in [0.29, 0.717) is 24.6 Å². The first-order chi connectivity index (χ1) is 14.1. The molecule has 8 nitrogen and oxygen atoms in total. The maximum Gasteiger partial charge on any atom is 0.216 e. The molecule has 0 aliphatic heterocycles. The van der Waals surface area contributed by atoms with Crippen molar-refractivity contribution in [2.45, 2.75) is 33.2 Å². The van der Waals surface area contributed by atoms with Gasteiger partial charge in [-0.25, -0.2) is 4.98 Å². The second kappa shape index (κ2) is 9.77. The number of guanidine groups is 1. The van der Waals surface area contributed by atoms with Crippen molar-refractivity contribution in [2.24, 2.45) is 4.99 Å². The predicted molar refractivity (Wildman–Crippen MR) is 113 cm³/mol. The van der Waals surface area contributed by atoms with E-state index >= 15 is 0 Å². The Bertz CT molecular complexity index is 933. The van der Waals surface area contributed by atoms with Gasteiger partial charge in [-0.1, -0.05) is 17.7 Å². The van der Waals surface area contributed by atoms with Crippen LogP contribution in [0, 0.1) is 6.92 Å². The Morgan fingerprint density at radius 3 is 2.93 bits per heavy atom. The smallest absolute Gasteiger partial charge is 0.216 e. The normalized spacial score (nSPS) is 12.6. The second-order valence-electron chi connectivity index (χ2n) is 6.71. The predicted octanol–water partition coefficient (Wildman–Crippen LogP) is 3.24. The van der Waals surface area contributed by atoms with Crippen molar-refractivity contribution in [3.8, 4) is 17.3 Å². The lowest BCUT2D eigenvalue weighted by Crippen LogP contribution is -2.39. The largest absolute Gasteiger partial charge is 0.496 e. The summed E-state index contributed by atoms with van der Waals surface area (Å²) in [5, 5.41) is 13.9. The van der Waals surface area contributed by atoms with Crippen LogP contribution in [0.4, 0.5) is 0 Å². The third kappa shape index (κ3) is 5.37. The van der Waals surface area contributed by atoms with Crippen molar-refractivity contribution >= 4 is 5.96 Å². The van der Waals surface area contributed by atoms with Gasteiger partial charge in [-0.05, 0) is 39.0 Å². The molecule has 154 valence electrons. The lowest BCUT2D eigenvalue weighted by molar-refractivity contribution is 0.405. The molecule has 1 atom stereocenters. The van der Waals surface area contributed by atoms with Crippen LogP contribution in [0.25, 0.3) is 11.6 Å². The fourth-order valence-corrected chi connectivity index (χ4v) is 2.99. The van der Waals surface area contributed by atoms with E-state index in [9.17, 15) is 0 Å². The molecule has 29 heavy (non-hydrogen) atoms. The standard InChI is InChI=1S/C21H28N6O2/c1-5-22-21(24-15(3)16-13-14(2)8-9-17(16)28-4)23-11-10-19-25-20(27-26-19)18-7-6-12-29-18/h6-9,12-13,15H,5,10-11H2,1-4H3,(H2,22,23,24)(H,25,26,27). The third-order valence-electron chi connectivity index (χ3n) is 4.44. The molecule has 0 saturated carbocycles. The number of methoxy groups -OCH3 is 1. The first-order valence-electron chi connectivity index (χ1n) is 9.75. The molecule has 0 radical (unpaired) electrons. The van der Waals surface area contributed by atoms with Crippen LogP contribution in [0.3, 0.4) is 0 Å². The van der Waals surface area contributed by atoms with E-state index in [-0.39, 0.29) is 6.04 Å². The Kier molecular flexibility index (Phi) is 6.89. The second-order valence-corrected chi connectivity index (χ2v) is 6.71. The number of nitrogens with one attached hydrogen (secondary N) is 3. The van der Waals surface area contributed by atoms with Gasteiger partial charge in [0.25, 0.3) is 0 Å². The minimum atomic E-state index is 0.0403. The molecule has 0 fully saturated rings. The van der Waals surface area contributed by atoms with Crippen LogP contribution in [0.15, 0.2) is 46.0 Å². The van der Waals surface area contributed by atoms with E-state index < -0.39 is 0 Å². The highest BCUT2D eigenvalue weighted by Crippen LogP contribution is 2.26. The Balaban J connectivity index is 1.63. The van der Waals surface area contributed by atoms with Crippen LogP contribution in [0.5, 0.6) is 5.75 Å². The average molecular weight is 396 g/mol. The molecule has 0 amide bonds. The zero-order valence-electron chi connectivity index (χ0n) is 17.3. The molecule has 0 spiro atoms. The van der Waals surface area contributed by atoms with Crippen molar-refractivity contribution in [3.63, 3.8) is 0 Å². The highest BCUT2D eigenvalue weighted by molar-refractivity contribution is 5.80.